The van der Waals surface area contributed by atoms with Gasteiger partial charge in [0.25, 0.3) is 0 Å². The summed E-state index contributed by atoms with van der Waals surface area (Å²) < 4.78 is 0. The Balaban J connectivity index is 2.58. The number of urea groups is 1. The van der Waals surface area contributed by atoms with Crippen LogP contribution in [-0.2, 0) is 0 Å². The fourth-order valence-corrected chi connectivity index (χ4v) is 1.82. The Morgan fingerprint density at radius 2 is 1.93 bits per heavy atom. The maximum atomic E-state index is 11.8. The van der Waals surface area contributed by atoms with Gasteiger partial charge in [0.15, 0.2) is 0 Å². The number of carbonyl (C=O) groups excluding carboxylic acids is 1. The van der Waals surface area contributed by atoms with Gasteiger partial charge >= 0.3 is 6.03 Å². The summed E-state index contributed by atoms with van der Waals surface area (Å²) in [6.45, 7) is 5.50. The van der Waals surface area contributed by atoms with Crippen LogP contribution in [0.2, 0.25) is 0 Å². The molecule has 0 radical (unpaired) electrons. The van der Waals surface area contributed by atoms with Crippen LogP contribution < -0.4 is 5.32 Å². The van der Waals surface area contributed by atoms with Crippen molar-refractivity contribution in [2.75, 3.05) is 13.1 Å². The van der Waals surface area contributed by atoms with Gasteiger partial charge in [-0.05, 0) is 25.7 Å². The van der Waals surface area contributed by atoms with Gasteiger partial charge in [-0.25, -0.2) is 4.79 Å². The SMILES string of the molecule is CCC(C#N)(CC)NC(=O)N1CCCC1. The molecular formula is C11H19N3O. The summed E-state index contributed by atoms with van der Waals surface area (Å²) in [4.78, 5) is 13.6. The second-order valence-corrected chi connectivity index (χ2v) is 4.03. The van der Waals surface area contributed by atoms with Crippen molar-refractivity contribution < 1.29 is 4.79 Å². The van der Waals surface area contributed by atoms with Gasteiger partial charge in [-0.1, -0.05) is 13.8 Å². The van der Waals surface area contributed by atoms with Crippen LogP contribution in [0.4, 0.5) is 4.79 Å². The smallest absolute Gasteiger partial charge is 0.318 e. The molecule has 0 bridgehead atoms. The van der Waals surface area contributed by atoms with Crippen molar-refractivity contribution in [1.82, 2.24) is 10.2 Å². The number of hydrogen-bond donors (Lipinski definition) is 1. The first-order chi connectivity index (χ1) is 7.17. The van der Waals surface area contributed by atoms with Gasteiger partial charge in [-0.3, -0.25) is 0 Å². The van der Waals surface area contributed by atoms with Crippen molar-refractivity contribution in [2.45, 2.75) is 45.1 Å². The van der Waals surface area contributed by atoms with E-state index in [1.165, 1.54) is 0 Å². The summed E-state index contributed by atoms with van der Waals surface area (Å²) in [6, 6.07) is 2.13. The Bertz CT molecular complexity index is 259. The minimum Gasteiger partial charge on any atom is -0.325 e. The van der Waals surface area contributed by atoms with Crippen molar-refractivity contribution in [2.24, 2.45) is 0 Å². The van der Waals surface area contributed by atoms with E-state index in [-0.39, 0.29) is 6.03 Å². The molecule has 1 aliphatic rings. The minimum atomic E-state index is -0.681. The van der Waals surface area contributed by atoms with Crippen molar-refractivity contribution in [3.8, 4) is 6.07 Å². The molecule has 1 heterocycles. The lowest BCUT2D eigenvalue weighted by atomic mass is 9.95. The Morgan fingerprint density at radius 3 is 2.33 bits per heavy atom. The van der Waals surface area contributed by atoms with E-state index in [9.17, 15) is 4.79 Å². The lowest BCUT2D eigenvalue weighted by Crippen LogP contribution is -2.51. The van der Waals surface area contributed by atoms with Gasteiger partial charge in [0.05, 0.1) is 6.07 Å². The molecule has 1 saturated heterocycles. The highest BCUT2D eigenvalue weighted by atomic mass is 16.2. The molecule has 1 rings (SSSR count). The summed E-state index contributed by atoms with van der Waals surface area (Å²) in [5, 5.41) is 11.9. The second-order valence-electron chi connectivity index (χ2n) is 4.03. The molecule has 15 heavy (non-hydrogen) atoms. The monoisotopic (exact) mass is 209 g/mol. The molecule has 0 aliphatic carbocycles. The van der Waals surface area contributed by atoms with E-state index in [2.05, 4.69) is 11.4 Å². The number of hydrogen-bond acceptors (Lipinski definition) is 2. The van der Waals surface area contributed by atoms with Crippen LogP contribution >= 0.6 is 0 Å². The highest BCUT2D eigenvalue weighted by Crippen LogP contribution is 2.15. The van der Waals surface area contributed by atoms with Gasteiger partial charge in [0.2, 0.25) is 0 Å². The molecule has 1 aliphatic heterocycles. The molecule has 0 unspecified atom stereocenters. The number of likely N-dealkylation sites (tertiary alicyclic amines) is 1. The van der Waals surface area contributed by atoms with Crippen molar-refractivity contribution in [1.29, 1.82) is 5.26 Å². The quantitative estimate of drug-likeness (QED) is 0.771. The molecule has 0 aromatic carbocycles. The lowest BCUT2D eigenvalue weighted by Gasteiger charge is -2.28. The Labute approximate surface area is 91.2 Å². The van der Waals surface area contributed by atoms with Crippen LogP contribution in [0.1, 0.15) is 39.5 Å². The van der Waals surface area contributed by atoms with E-state index in [1.807, 2.05) is 13.8 Å². The maximum absolute atomic E-state index is 11.8. The van der Waals surface area contributed by atoms with Crippen molar-refractivity contribution >= 4 is 6.03 Å². The summed E-state index contributed by atoms with van der Waals surface area (Å²) in [7, 11) is 0. The maximum Gasteiger partial charge on any atom is 0.318 e. The minimum absolute atomic E-state index is 0.0854. The molecule has 0 aromatic rings. The molecule has 1 fully saturated rings. The first-order valence-corrected chi connectivity index (χ1v) is 5.66. The zero-order valence-electron chi connectivity index (χ0n) is 9.55. The van der Waals surface area contributed by atoms with Crippen LogP contribution in [0.5, 0.6) is 0 Å². The van der Waals surface area contributed by atoms with E-state index >= 15 is 0 Å². The topological polar surface area (TPSA) is 56.1 Å². The summed E-state index contributed by atoms with van der Waals surface area (Å²) in [6.07, 6.45) is 3.45. The van der Waals surface area contributed by atoms with E-state index < -0.39 is 5.54 Å². The molecule has 2 amide bonds. The van der Waals surface area contributed by atoms with Crippen LogP contribution in [0.25, 0.3) is 0 Å². The fourth-order valence-electron chi connectivity index (χ4n) is 1.82. The molecule has 0 spiro atoms. The third kappa shape index (κ3) is 2.62. The Morgan fingerprint density at radius 1 is 1.40 bits per heavy atom. The number of nitrogens with zero attached hydrogens (tertiary/aromatic N) is 2. The average Bonchev–Trinajstić information content (AvgIpc) is 2.79. The standard InChI is InChI=1S/C11H19N3O/c1-3-11(4-2,9-12)13-10(15)14-7-5-6-8-14/h3-8H2,1-2H3,(H,13,15). The fraction of sp³-hybridized carbons (Fsp3) is 0.818. The van der Waals surface area contributed by atoms with Gasteiger partial charge in [0, 0.05) is 13.1 Å². The highest BCUT2D eigenvalue weighted by Gasteiger charge is 2.30. The van der Waals surface area contributed by atoms with Crippen LogP contribution in [-0.4, -0.2) is 29.6 Å². The molecule has 0 atom stereocenters. The van der Waals surface area contributed by atoms with E-state index in [0.29, 0.717) is 12.8 Å². The van der Waals surface area contributed by atoms with E-state index in [0.717, 1.165) is 25.9 Å². The summed E-state index contributed by atoms with van der Waals surface area (Å²) >= 11 is 0. The van der Waals surface area contributed by atoms with Crippen molar-refractivity contribution in [3.05, 3.63) is 0 Å². The molecular weight excluding hydrogens is 190 g/mol. The predicted molar refractivity (Wildman–Crippen MR) is 58.3 cm³/mol. The lowest BCUT2D eigenvalue weighted by molar-refractivity contribution is 0.197. The van der Waals surface area contributed by atoms with Gasteiger partial charge in [0.1, 0.15) is 5.54 Å². The van der Waals surface area contributed by atoms with Crippen LogP contribution in [0, 0.1) is 11.3 Å². The molecule has 0 aromatic heterocycles. The first-order valence-electron chi connectivity index (χ1n) is 5.66. The number of amides is 2. The summed E-state index contributed by atoms with van der Waals surface area (Å²) in [5.74, 6) is 0. The van der Waals surface area contributed by atoms with Gasteiger partial charge < -0.3 is 10.2 Å². The Kier molecular flexibility index (Phi) is 3.96. The predicted octanol–water partition coefficient (Wildman–Crippen LogP) is 1.87. The number of nitriles is 1. The molecule has 4 heteroatoms. The third-order valence-electron chi connectivity index (χ3n) is 3.16. The van der Waals surface area contributed by atoms with Crippen LogP contribution in [0.15, 0.2) is 0 Å². The highest BCUT2D eigenvalue weighted by molar-refractivity contribution is 5.75. The number of nitrogens with one attached hydrogen (secondary N) is 1. The van der Waals surface area contributed by atoms with Crippen LogP contribution in [0.3, 0.4) is 0 Å². The molecule has 0 saturated carbocycles. The number of rotatable bonds is 3. The largest absolute Gasteiger partial charge is 0.325 e. The second kappa shape index (κ2) is 5.01. The average molecular weight is 209 g/mol. The third-order valence-corrected chi connectivity index (χ3v) is 3.16. The van der Waals surface area contributed by atoms with E-state index in [4.69, 9.17) is 5.26 Å². The van der Waals surface area contributed by atoms with Gasteiger partial charge in [-0.15, -0.1) is 0 Å². The zero-order valence-corrected chi connectivity index (χ0v) is 9.55. The van der Waals surface area contributed by atoms with Crippen molar-refractivity contribution in [3.63, 3.8) is 0 Å². The summed E-state index contributed by atoms with van der Waals surface area (Å²) in [5.41, 5.74) is -0.681. The number of carbonyl (C=O) groups is 1. The Hall–Kier alpha value is -1.24. The molecule has 84 valence electrons. The first kappa shape index (κ1) is 11.8. The zero-order chi connectivity index (χ0) is 11.3. The van der Waals surface area contributed by atoms with Gasteiger partial charge in [-0.2, -0.15) is 5.26 Å². The molecule has 1 N–H and O–H groups in total. The van der Waals surface area contributed by atoms with E-state index in [1.54, 1.807) is 4.90 Å². The normalized spacial score (nSPS) is 16.2. The molecule has 4 nitrogen and oxygen atoms in total.